The molecule has 19 heavy (non-hydrogen) atoms. The molecule has 1 heterocycles. The molecule has 0 saturated heterocycles. The number of hydrogen-bond acceptors (Lipinski definition) is 4. The van der Waals surface area contributed by atoms with Crippen LogP contribution in [-0.4, -0.2) is 16.0 Å². The summed E-state index contributed by atoms with van der Waals surface area (Å²) in [5, 5.41) is 7.59. The van der Waals surface area contributed by atoms with E-state index in [0.29, 0.717) is 5.89 Å². The highest BCUT2D eigenvalue weighted by Crippen LogP contribution is 2.38. The Morgan fingerprint density at radius 1 is 1.16 bits per heavy atom. The molecule has 3 nitrogen and oxygen atoms in total. The second kappa shape index (κ2) is 6.35. The van der Waals surface area contributed by atoms with Crippen LogP contribution in [0.25, 0.3) is 11.5 Å². The Kier molecular flexibility index (Phi) is 5.01. The largest absolute Gasteiger partial charge is 0.416 e. The van der Waals surface area contributed by atoms with Crippen molar-refractivity contribution in [1.29, 1.82) is 0 Å². The van der Waals surface area contributed by atoms with Crippen LogP contribution in [-0.2, 0) is 3.79 Å². The lowest BCUT2D eigenvalue weighted by atomic mass is 10.2. The first-order valence-electron chi connectivity index (χ1n) is 5.64. The van der Waals surface area contributed by atoms with Crippen LogP contribution in [0.1, 0.15) is 19.2 Å². The lowest BCUT2D eigenvalue weighted by molar-refractivity contribution is 0.514. The Bertz CT molecular complexity index is 537. The van der Waals surface area contributed by atoms with Crippen LogP contribution in [0.2, 0.25) is 0 Å². The number of hydrogen-bond donors (Lipinski definition) is 0. The molecule has 0 saturated carbocycles. The summed E-state index contributed by atoms with van der Waals surface area (Å²) in [7, 11) is 0. The van der Waals surface area contributed by atoms with Gasteiger partial charge in [-0.25, -0.2) is 0 Å². The van der Waals surface area contributed by atoms with Gasteiger partial charge in [-0.2, -0.15) is 0 Å². The van der Waals surface area contributed by atoms with Gasteiger partial charge in [0, 0.05) is 10.5 Å². The molecule has 1 aromatic heterocycles. The molecule has 0 spiro atoms. The lowest BCUT2D eigenvalue weighted by Gasteiger charge is -2.03. The van der Waals surface area contributed by atoms with E-state index in [1.807, 2.05) is 24.3 Å². The molecule has 1 aromatic carbocycles. The van der Waals surface area contributed by atoms with Crippen LogP contribution in [0.5, 0.6) is 0 Å². The van der Waals surface area contributed by atoms with Crippen molar-refractivity contribution < 1.29 is 4.42 Å². The molecular formula is C12H11Cl3N2OS. The van der Waals surface area contributed by atoms with Crippen LogP contribution in [0, 0.1) is 0 Å². The Hall–Kier alpha value is -0.420. The maximum atomic E-state index is 5.67. The van der Waals surface area contributed by atoms with E-state index in [1.165, 1.54) is 4.90 Å². The fourth-order valence-corrected chi connectivity index (χ4v) is 2.37. The number of alkyl halides is 3. The van der Waals surface area contributed by atoms with Crippen LogP contribution in [0.15, 0.2) is 33.6 Å². The molecule has 0 atom stereocenters. The minimum absolute atomic E-state index is 0.0306. The maximum absolute atomic E-state index is 5.67. The van der Waals surface area contributed by atoms with Crippen molar-refractivity contribution >= 4 is 46.6 Å². The first-order chi connectivity index (χ1) is 9.00. The average Bonchev–Trinajstić information content (AvgIpc) is 2.86. The highest BCUT2D eigenvalue weighted by molar-refractivity contribution is 7.99. The number of nitrogens with zero attached hydrogens (tertiary/aromatic N) is 2. The minimum Gasteiger partial charge on any atom is -0.416 e. The van der Waals surface area contributed by atoms with Crippen molar-refractivity contribution in [1.82, 2.24) is 10.2 Å². The Morgan fingerprint density at radius 2 is 1.84 bits per heavy atom. The third-order valence-corrected chi connectivity index (χ3v) is 3.94. The predicted octanol–water partition coefficient (Wildman–Crippen LogP) is 5.07. The zero-order chi connectivity index (χ0) is 13.9. The average molecular weight is 338 g/mol. The molecule has 0 fully saturated rings. The SMILES string of the molecule is CCCSc1ccc(-c2nnc(C(Cl)(Cl)Cl)o2)cc1. The van der Waals surface area contributed by atoms with Gasteiger partial charge in [0.25, 0.3) is 9.68 Å². The number of rotatable bonds is 4. The Morgan fingerprint density at radius 3 is 2.37 bits per heavy atom. The van der Waals surface area contributed by atoms with Crippen LogP contribution < -0.4 is 0 Å². The summed E-state index contributed by atoms with van der Waals surface area (Å²) in [6.45, 7) is 2.15. The van der Waals surface area contributed by atoms with Crippen LogP contribution in [0.3, 0.4) is 0 Å². The van der Waals surface area contributed by atoms with Gasteiger partial charge < -0.3 is 4.42 Å². The third-order valence-electron chi connectivity index (χ3n) is 2.24. The predicted molar refractivity (Wildman–Crippen MR) is 80.0 cm³/mol. The highest BCUT2D eigenvalue weighted by Gasteiger charge is 2.30. The molecule has 0 amide bonds. The molecule has 2 aromatic rings. The van der Waals surface area contributed by atoms with Gasteiger partial charge in [0.15, 0.2) is 0 Å². The topological polar surface area (TPSA) is 38.9 Å². The van der Waals surface area contributed by atoms with Crippen molar-refractivity contribution in [2.75, 3.05) is 5.75 Å². The normalized spacial score (nSPS) is 11.8. The van der Waals surface area contributed by atoms with Gasteiger partial charge in [0.1, 0.15) is 0 Å². The summed E-state index contributed by atoms with van der Waals surface area (Å²) in [4.78, 5) is 1.20. The summed E-state index contributed by atoms with van der Waals surface area (Å²) < 4.78 is 3.64. The molecule has 0 unspecified atom stereocenters. The Balaban J connectivity index is 2.16. The molecular weight excluding hydrogens is 327 g/mol. The molecule has 0 bridgehead atoms. The quantitative estimate of drug-likeness (QED) is 0.577. The first kappa shape index (κ1) is 15.0. The molecule has 0 aliphatic carbocycles. The zero-order valence-corrected chi connectivity index (χ0v) is 13.2. The summed E-state index contributed by atoms with van der Waals surface area (Å²) in [5.41, 5.74) is 0.800. The van der Waals surface area contributed by atoms with E-state index >= 15 is 0 Å². The van der Waals surface area contributed by atoms with E-state index in [1.54, 1.807) is 11.8 Å². The third kappa shape index (κ3) is 4.02. The second-order valence-corrected chi connectivity index (χ2v) is 7.23. The molecule has 102 valence electrons. The summed E-state index contributed by atoms with van der Waals surface area (Å²) in [6, 6.07) is 7.84. The van der Waals surface area contributed by atoms with Gasteiger partial charge in [-0.05, 0) is 36.4 Å². The number of aromatic nitrogens is 2. The lowest BCUT2D eigenvalue weighted by Crippen LogP contribution is -1.99. The van der Waals surface area contributed by atoms with Gasteiger partial charge in [0.05, 0.1) is 0 Å². The minimum atomic E-state index is -1.69. The first-order valence-corrected chi connectivity index (χ1v) is 7.76. The van der Waals surface area contributed by atoms with Gasteiger partial charge in [-0.15, -0.1) is 22.0 Å². The van der Waals surface area contributed by atoms with Crippen molar-refractivity contribution in [2.45, 2.75) is 22.0 Å². The van der Waals surface area contributed by atoms with Gasteiger partial charge in [-0.1, -0.05) is 41.7 Å². The zero-order valence-electron chi connectivity index (χ0n) is 10.1. The number of benzene rings is 1. The van der Waals surface area contributed by atoms with E-state index in [-0.39, 0.29) is 5.89 Å². The van der Waals surface area contributed by atoms with Crippen LogP contribution >= 0.6 is 46.6 Å². The van der Waals surface area contributed by atoms with E-state index in [9.17, 15) is 0 Å². The monoisotopic (exact) mass is 336 g/mol. The second-order valence-electron chi connectivity index (χ2n) is 3.78. The van der Waals surface area contributed by atoms with Gasteiger partial charge in [-0.3, -0.25) is 0 Å². The van der Waals surface area contributed by atoms with Crippen LogP contribution in [0.4, 0.5) is 0 Å². The van der Waals surface area contributed by atoms with Crippen molar-refractivity contribution in [2.24, 2.45) is 0 Å². The molecule has 7 heteroatoms. The van der Waals surface area contributed by atoms with Crippen molar-refractivity contribution in [3.8, 4) is 11.5 Å². The van der Waals surface area contributed by atoms with E-state index < -0.39 is 3.79 Å². The Labute approximate surface area is 130 Å². The van der Waals surface area contributed by atoms with Crippen molar-refractivity contribution in [3.05, 3.63) is 30.2 Å². The molecule has 2 rings (SSSR count). The van der Waals surface area contributed by atoms with E-state index in [2.05, 4.69) is 17.1 Å². The molecule has 0 aliphatic heterocycles. The number of thioether (sulfide) groups is 1. The molecule has 0 N–H and O–H groups in total. The fourth-order valence-electron chi connectivity index (χ4n) is 1.37. The summed E-state index contributed by atoms with van der Waals surface area (Å²) in [5.74, 6) is 1.41. The standard InChI is InChI=1S/C12H11Cl3N2OS/c1-2-7-19-9-5-3-8(4-6-9)10-16-17-11(18-10)12(13,14)15/h3-6H,2,7H2,1H3. The molecule has 0 radical (unpaired) electrons. The number of halogens is 3. The van der Waals surface area contributed by atoms with E-state index in [4.69, 9.17) is 39.2 Å². The maximum Gasteiger partial charge on any atom is 0.268 e. The highest BCUT2D eigenvalue weighted by atomic mass is 35.6. The summed E-state index contributed by atoms with van der Waals surface area (Å²) >= 11 is 18.8. The van der Waals surface area contributed by atoms with Crippen molar-refractivity contribution in [3.63, 3.8) is 0 Å². The summed E-state index contributed by atoms with van der Waals surface area (Å²) in [6.07, 6.45) is 1.14. The fraction of sp³-hybridized carbons (Fsp3) is 0.333. The van der Waals surface area contributed by atoms with Gasteiger partial charge >= 0.3 is 0 Å². The smallest absolute Gasteiger partial charge is 0.268 e. The van der Waals surface area contributed by atoms with E-state index in [0.717, 1.165) is 17.7 Å². The van der Waals surface area contributed by atoms with Gasteiger partial charge in [0.2, 0.25) is 5.89 Å². The molecule has 0 aliphatic rings.